The molecule has 0 bridgehead atoms. The molecule has 21 heavy (non-hydrogen) atoms. The van der Waals surface area contributed by atoms with Gasteiger partial charge in [0, 0.05) is 18.6 Å². The minimum atomic E-state index is 0.542. The van der Waals surface area contributed by atoms with E-state index < -0.39 is 0 Å². The van der Waals surface area contributed by atoms with Crippen molar-refractivity contribution in [3.8, 4) is 5.75 Å². The Morgan fingerprint density at radius 2 is 1.95 bits per heavy atom. The first-order valence-electron chi connectivity index (χ1n) is 8.44. The van der Waals surface area contributed by atoms with E-state index in [1.165, 1.54) is 37.8 Å². The minimum absolute atomic E-state index is 0.542. The summed E-state index contributed by atoms with van der Waals surface area (Å²) in [4.78, 5) is 2.53. The minimum Gasteiger partial charge on any atom is -0.494 e. The third-order valence-electron chi connectivity index (χ3n) is 4.79. The lowest BCUT2D eigenvalue weighted by molar-refractivity contribution is 0.119. The van der Waals surface area contributed by atoms with Gasteiger partial charge < -0.3 is 10.1 Å². The highest BCUT2D eigenvalue weighted by Crippen LogP contribution is 2.35. The molecule has 3 heteroatoms. The van der Waals surface area contributed by atoms with Crippen molar-refractivity contribution in [3.05, 3.63) is 29.8 Å². The maximum Gasteiger partial charge on any atom is 0.119 e. The fraction of sp³-hybridized carbons (Fsp3) is 0.667. The van der Waals surface area contributed by atoms with Crippen molar-refractivity contribution in [1.29, 1.82) is 0 Å². The van der Waals surface area contributed by atoms with Crippen molar-refractivity contribution in [3.63, 3.8) is 0 Å². The maximum atomic E-state index is 5.56. The van der Waals surface area contributed by atoms with Crippen LogP contribution in [-0.2, 0) is 0 Å². The van der Waals surface area contributed by atoms with E-state index >= 15 is 0 Å². The van der Waals surface area contributed by atoms with E-state index in [2.05, 4.69) is 41.5 Å². The molecule has 0 amide bonds. The molecule has 0 aromatic heterocycles. The quantitative estimate of drug-likeness (QED) is 0.870. The zero-order valence-electron chi connectivity index (χ0n) is 13.3. The number of rotatable bonds is 6. The van der Waals surface area contributed by atoms with Crippen LogP contribution >= 0.6 is 0 Å². The van der Waals surface area contributed by atoms with Gasteiger partial charge in [-0.05, 0) is 69.8 Å². The van der Waals surface area contributed by atoms with Gasteiger partial charge in [-0.2, -0.15) is 0 Å². The van der Waals surface area contributed by atoms with E-state index in [0.29, 0.717) is 6.04 Å². The van der Waals surface area contributed by atoms with Crippen molar-refractivity contribution in [2.45, 2.75) is 44.7 Å². The number of piperidine rings is 1. The molecule has 2 aliphatic rings. The van der Waals surface area contributed by atoms with Crippen LogP contribution in [0, 0.1) is 5.92 Å². The number of nitrogens with zero attached hydrogens (tertiary/aromatic N) is 1. The van der Waals surface area contributed by atoms with E-state index in [4.69, 9.17) is 4.74 Å². The van der Waals surface area contributed by atoms with Gasteiger partial charge in [-0.25, -0.2) is 0 Å². The third-order valence-corrected chi connectivity index (χ3v) is 4.79. The SMILES string of the molecule is CCOc1ccc(C2C(CNC3CC3)CCCN2C)cc1. The molecule has 0 spiro atoms. The second-order valence-corrected chi connectivity index (χ2v) is 6.51. The number of likely N-dealkylation sites (tertiary alicyclic amines) is 1. The Labute approximate surface area is 128 Å². The smallest absolute Gasteiger partial charge is 0.119 e. The van der Waals surface area contributed by atoms with Gasteiger partial charge in [-0.1, -0.05) is 12.1 Å². The summed E-state index contributed by atoms with van der Waals surface area (Å²) in [5.41, 5.74) is 1.43. The molecule has 1 aliphatic carbocycles. The molecular weight excluding hydrogens is 260 g/mol. The first-order chi connectivity index (χ1) is 10.3. The number of ether oxygens (including phenoxy) is 1. The van der Waals surface area contributed by atoms with Crippen LogP contribution in [0.4, 0.5) is 0 Å². The Morgan fingerprint density at radius 3 is 2.62 bits per heavy atom. The average Bonchev–Trinajstić information content (AvgIpc) is 3.31. The second-order valence-electron chi connectivity index (χ2n) is 6.51. The Kier molecular flexibility index (Phi) is 4.81. The maximum absolute atomic E-state index is 5.56. The summed E-state index contributed by atoms with van der Waals surface area (Å²) in [5.74, 6) is 1.70. The van der Waals surface area contributed by atoms with Crippen molar-refractivity contribution >= 4 is 0 Å². The summed E-state index contributed by atoms with van der Waals surface area (Å²) in [5, 5.41) is 3.73. The summed E-state index contributed by atoms with van der Waals surface area (Å²) in [6.45, 7) is 5.13. The number of nitrogens with one attached hydrogen (secondary N) is 1. The van der Waals surface area contributed by atoms with Gasteiger partial charge in [0.15, 0.2) is 0 Å². The first-order valence-corrected chi connectivity index (χ1v) is 8.44. The van der Waals surface area contributed by atoms with E-state index in [1.807, 2.05) is 6.92 Å². The summed E-state index contributed by atoms with van der Waals surface area (Å²) in [6.07, 6.45) is 5.40. The molecule has 116 valence electrons. The van der Waals surface area contributed by atoms with Crippen LogP contribution in [0.2, 0.25) is 0 Å². The Morgan fingerprint density at radius 1 is 1.19 bits per heavy atom. The molecule has 1 heterocycles. The molecule has 2 atom stereocenters. The largest absolute Gasteiger partial charge is 0.494 e. The molecule has 1 saturated heterocycles. The summed E-state index contributed by atoms with van der Waals surface area (Å²) in [6, 6.07) is 10.1. The molecule has 2 fully saturated rings. The molecule has 1 aromatic rings. The highest BCUT2D eigenvalue weighted by Gasteiger charge is 2.31. The summed E-state index contributed by atoms with van der Waals surface area (Å²) in [7, 11) is 2.27. The van der Waals surface area contributed by atoms with Crippen LogP contribution in [0.1, 0.15) is 44.2 Å². The van der Waals surface area contributed by atoms with Gasteiger partial charge in [0.1, 0.15) is 5.75 Å². The fourth-order valence-corrected chi connectivity index (χ4v) is 3.53. The lowest BCUT2D eigenvalue weighted by atomic mass is 9.85. The Hall–Kier alpha value is -1.06. The zero-order chi connectivity index (χ0) is 14.7. The molecule has 2 unspecified atom stereocenters. The Bertz CT molecular complexity index is 441. The number of benzene rings is 1. The van der Waals surface area contributed by atoms with Crippen LogP contribution in [0.3, 0.4) is 0 Å². The highest BCUT2D eigenvalue weighted by atomic mass is 16.5. The molecule has 3 rings (SSSR count). The number of hydrogen-bond donors (Lipinski definition) is 1. The van der Waals surface area contributed by atoms with Crippen LogP contribution in [0.5, 0.6) is 5.75 Å². The fourth-order valence-electron chi connectivity index (χ4n) is 3.53. The molecule has 3 nitrogen and oxygen atoms in total. The van der Waals surface area contributed by atoms with E-state index in [9.17, 15) is 0 Å². The topological polar surface area (TPSA) is 24.5 Å². The first kappa shape index (κ1) is 14.9. The zero-order valence-corrected chi connectivity index (χ0v) is 13.3. The highest BCUT2D eigenvalue weighted by molar-refractivity contribution is 5.30. The third kappa shape index (κ3) is 3.78. The predicted octanol–water partition coefficient (Wildman–Crippen LogP) is 3.22. The van der Waals surface area contributed by atoms with Gasteiger partial charge in [-0.15, -0.1) is 0 Å². The van der Waals surface area contributed by atoms with Gasteiger partial charge in [-0.3, -0.25) is 4.90 Å². The lowest BCUT2D eigenvalue weighted by Gasteiger charge is -2.40. The van der Waals surface area contributed by atoms with Gasteiger partial charge in [0.05, 0.1) is 6.61 Å². The van der Waals surface area contributed by atoms with Crippen molar-refractivity contribution in [1.82, 2.24) is 10.2 Å². The van der Waals surface area contributed by atoms with Crippen LogP contribution < -0.4 is 10.1 Å². The van der Waals surface area contributed by atoms with E-state index in [1.54, 1.807) is 0 Å². The van der Waals surface area contributed by atoms with Gasteiger partial charge in [0.25, 0.3) is 0 Å². The monoisotopic (exact) mass is 288 g/mol. The second kappa shape index (κ2) is 6.80. The lowest BCUT2D eigenvalue weighted by Crippen LogP contribution is -2.40. The number of hydrogen-bond acceptors (Lipinski definition) is 3. The molecule has 0 radical (unpaired) electrons. The molecule has 1 saturated carbocycles. The van der Waals surface area contributed by atoms with Crippen molar-refractivity contribution in [2.24, 2.45) is 5.92 Å². The van der Waals surface area contributed by atoms with Crippen molar-refractivity contribution in [2.75, 3.05) is 26.7 Å². The predicted molar refractivity (Wildman–Crippen MR) is 86.7 cm³/mol. The van der Waals surface area contributed by atoms with E-state index in [-0.39, 0.29) is 0 Å². The Balaban J connectivity index is 1.70. The summed E-state index contributed by atoms with van der Waals surface area (Å²) >= 11 is 0. The average molecular weight is 288 g/mol. The standard InChI is InChI=1S/C18H28N2O/c1-3-21-17-10-6-14(7-11-17)18-15(5-4-12-20(18)2)13-19-16-8-9-16/h6-7,10-11,15-16,18-19H,3-5,8-9,12-13H2,1-2H3. The normalized spacial score (nSPS) is 26.8. The summed E-state index contributed by atoms with van der Waals surface area (Å²) < 4.78 is 5.56. The van der Waals surface area contributed by atoms with E-state index in [0.717, 1.165) is 30.9 Å². The molecule has 1 aromatic carbocycles. The molecule has 1 aliphatic heterocycles. The molecule has 1 N–H and O–H groups in total. The van der Waals surface area contributed by atoms with Gasteiger partial charge in [0.2, 0.25) is 0 Å². The van der Waals surface area contributed by atoms with Crippen molar-refractivity contribution < 1.29 is 4.74 Å². The molecular formula is C18H28N2O. The van der Waals surface area contributed by atoms with Crippen LogP contribution in [0.25, 0.3) is 0 Å². The van der Waals surface area contributed by atoms with Crippen LogP contribution in [0.15, 0.2) is 24.3 Å². The van der Waals surface area contributed by atoms with Crippen LogP contribution in [-0.4, -0.2) is 37.7 Å². The van der Waals surface area contributed by atoms with Gasteiger partial charge >= 0.3 is 0 Å².